The lowest BCUT2D eigenvalue weighted by molar-refractivity contribution is -0.144. The summed E-state index contributed by atoms with van der Waals surface area (Å²) in [5, 5.41) is 19.6. The normalized spacial score (nSPS) is 19.9. The van der Waals surface area contributed by atoms with E-state index in [1.807, 2.05) is 82.6 Å². The number of nitrogens with two attached hydrogens (primary N) is 2. The molecule has 1 aromatic heterocycles. The number of nitrogens with one attached hydrogen (secondary N) is 3. The summed E-state index contributed by atoms with van der Waals surface area (Å²) < 4.78 is 5.79. The van der Waals surface area contributed by atoms with E-state index in [0.717, 1.165) is 51.4 Å². The van der Waals surface area contributed by atoms with Crippen LogP contribution < -0.4 is 32.3 Å². The van der Waals surface area contributed by atoms with Gasteiger partial charge in [0, 0.05) is 38.6 Å². The number of anilines is 1. The van der Waals surface area contributed by atoms with E-state index in [9.17, 15) is 33.9 Å². The van der Waals surface area contributed by atoms with E-state index in [-0.39, 0.29) is 87.5 Å². The second-order valence-electron chi connectivity index (χ2n) is 19.0. The molecule has 2 aromatic carbocycles. The molecular weight excluding hydrogens is 908 g/mol. The van der Waals surface area contributed by atoms with Gasteiger partial charge in [-0.2, -0.15) is 0 Å². The molecule has 3 aromatic rings. The molecular formula is C50H67ClN8O8S. The van der Waals surface area contributed by atoms with Gasteiger partial charge in [-0.1, -0.05) is 75.6 Å². The molecule has 1 saturated heterocycles. The first-order chi connectivity index (χ1) is 31.9. The SMILES string of the molecule is Cc1ncsc1-c1ccc([C@H](C)NC(=O)C2C[C@@H](O)CN2C(=O)[C@@H](NC(=O)CCCCCC#CCOC[C@H](CCC(N)=O)NC(=O)[C@@H]2Cc3cccc4c3N2C(=O)[C@@H](N)CC4)C(C)(C)C)cc1.Cl. The Kier molecular flexibility index (Phi) is 19.1. The molecule has 0 bridgehead atoms. The molecule has 368 valence electrons. The van der Waals surface area contributed by atoms with E-state index in [1.54, 1.807) is 16.2 Å². The van der Waals surface area contributed by atoms with Crippen LogP contribution in [0.5, 0.6) is 0 Å². The number of nitrogens with zero attached hydrogens (tertiary/aromatic N) is 3. The monoisotopic (exact) mass is 974 g/mol. The number of unbranched alkanes of at least 4 members (excludes halogenated alkanes) is 3. The van der Waals surface area contributed by atoms with Crippen LogP contribution in [0.25, 0.3) is 10.4 Å². The first-order valence-corrected chi connectivity index (χ1v) is 24.2. The van der Waals surface area contributed by atoms with Crippen LogP contribution in [0.1, 0.15) is 114 Å². The Morgan fingerprint density at radius 3 is 2.38 bits per heavy atom. The number of hydrogen-bond donors (Lipinski definition) is 6. The lowest BCUT2D eigenvalue weighted by atomic mass is 9.85. The Morgan fingerprint density at radius 2 is 1.69 bits per heavy atom. The minimum Gasteiger partial charge on any atom is -0.391 e. The number of primary amides is 1. The number of hydrogen-bond acceptors (Lipinski definition) is 11. The molecule has 0 aliphatic carbocycles. The number of aryl methyl sites for hydroxylation is 2. The van der Waals surface area contributed by atoms with Gasteiger partial charge in [0.1, 0.15) is 24.7 Å². The molecule has 1 unspecified atom stereocenters. The van der Waals surface area contributed by atoms with E-state index in [4.69, 9.17) is 16.2 Å². The van der Waals surface area contributed by atoms with Crippen LogP contribution in [0, 0.1) is 24.2 Å². The van der Waals surface area contributed by atoms with Gasteiger partial charge in [-0.05, 0) is 73.6 Å². The lowest BCUT2D eigenvalue weighted by Crippen LogP contribution is -2.57. The third-order valence-electron chi connectivity index (χ3n) is 12.7. The smallest absolute Gasteiger partial charge is 0.246 e. The number of amides is 6. The molecule has 1 fully saturated rings. The van der Waals surface area contributed by atoms with Crippen LogP contribution >= 0.6 is 23.7 Å². The number of rotatable bonds is 19. The highest BCUT2D eigenvalue weighted by molar-refractivity contribution is 7.13. The van der Waals surface area contributed by atoms with Crippen molar-refractivity contribution in [2.45, 2.75) is 148 Å². The van der Waals surface area contributed by atoms with Crippen molar-refractivity contribution in [1.29, 1.82) is 0 Å². The van der Waals surface area contributed by atoms with Crippen LogP contribution in [0.4, 0.5) is 5.69 Å². The van der Waals surface area contributed by atoms with Crippen molar-refractivity contribution in [2.24, 2.45) is 16.9 Å². The fraction of sp³-hybridized carbons (Fsp3) is 0.540. The van der Waals surface area contributed by atoms with Gasteiger partial charge in [-0.3, -0.25) is 33.7 Å². The topological polar surface area (TPSA) is 239 Å². The number of carbonyl (C=O) groups excluding carboxylic acids is 6. The van der Waals surface area contributed by atoms with Gasteiger partial charge in [0.05, 0.1) is 52.6 Å². The average molecular weight is 976 g/mol. The van der Waals surface area contributed by atoms with E-state index < -0.39 is 53.5 Å². The molecule has 3 aliphatic heterocycles. The van der Waals surface area contributed by atoms with E-state index in [2.05, 4.69) is 32.8 Å². The Morgan fingerprint density at radius 1 is 0.971 bits per heavy atom. The number of aliphatic hydroxyl groups is 1. The number of aliphatic hydroxyl groups excluding tert-OH is 1. The summed E-state index contributed by atoms with van der Waals surface area (Å²) in [5.74, 6) is 3.87. The number of benzene rings is 2. The fourth-order valence-electron chi connectivity index (χ4n) is 8.99. The number of para-hydroxylation sites is 1. The summed E-state index contributed by atoms with van der Waals surface area (Å²) in [6, 6.07) is 9.59. The zero-order valence-corrected chi connectivity index (χ0v) is 41.3. The van der Waals surface area contributed by atoms with Crippen LogP contribution in [-0.4, -0.2) is 107 Å². The maximum Gasteiger partial charge on any atom is 0.246 e. The standard InChI is InChI=1S/C50H66N8O8S.ClH/c1-30(32-16-18-34(19-17-32)44-31(2)53-29-67-44)54-46(62)39-26-37(59)27-57(39)49(65)45(50(3,4)5)56-42(61)15-10-8-6-7-9-11-24-66-28-36(21-23-41(52)60)55-47(63)40-25-35-14-12-13-33-20-22-38(51)48(64)58(40)43(33)35;/h12-14,16-19,29-30,36-40,45,59H,6-8,10,15,20-28,51H2,1-5H3,(H2,52,60)(H,54,62)(H,55,63)(H,56,61);1H/t30-,36-,37+,38-,39?,40-,45+;/m0./s1. The van der Waals surface area contributed by atoms with Gasteiger partial charge < -0.3 is 42.2 Å². The Bertz CT molecular complexity index is 2340. The van der Waals surface area contributed by atoms with Crippen LogP contribution in [-0.2, 0) is 46.3 Å². The summed E-state index contributed by atoms with van der Waals surface area (Å²) in [6.45, 7) is 9.59. The Labute approximate surface area is 409 Å². The second-order valence-corrected chi connectivity index (χ2v) is 19.9. The fourth-order valence-corrected chi connectivity index (χ4v) is 9.80. The second kappa shape index (κ2) is 24.3. The van der Waals surface area contributed by atoms with Crippen molar-refractivity contribution >= 4 is 64.9 Å². The molecule has 16 nitrogen and oxygen atoms in total. The molecule has 68 heavy (non-hydrogen) atoms. The zero-order chi connectivity index (χ0) is 48.4. The highest BCUT2D eigenvalue weighted by Crippen LogP contribution is 2.39. The summed E-state index contributed by atoms with van der Waals surface area (Å²) in [5.41, 5.74) is 18.3. The van der Waals surface area contributed by atoms with Gasteiger partial charge in [-0.15, -0.1) is 29.7 Å². The van der Waals surface area contributed by atoms with Gasteiger partial charge in [0.15, 0.2) is 0 Å². The van der Waals surface area contributed by atoms with Crippen molar-refractivity contribution in [3.05, 3.63) is 70.4 Å². The summed E-state index contributed by atoms with van der Waals surface area (Å²) in [4.78, 5) is 87.9. The summed E-state index contributed by atoms with van der Waals surface area (Å²) >= 11 is 1.57. The number of likely N-dealkylation sites (tertiary alicyclic amines) is 1. The molecule has 4 heterocycles. The minimum atomic E-state index is -0.916. The Hall–Kier alpha value is -5.38. The first-order valence-electron chi connectivity index (χ1n) is 23.3. The van der Waals surface area contributed by atoms with Gasteiger partial charge in [-0.25, -0.2) is 4.98 Å². The van der Waals surface area contributed by atoms with Gasteiger partial charge in [0.2, 0.25) is 35.4 Å². The lowest BCUT2D eigenvalue weighted by Gasteiger charge is -2.35. The third-order valence-corrected chi connectivity index (χ3v) is 13.7. The van der Waals surface area contributed by atoms with Crippen molar-refractivity contribution < 1.29 is 38.6 Å². The highest BCUT2D eigenvalue weighted by atomic mass is 35.5. The number of ether oxygens (including phenoxy) is 1. The predicted octanol–water partition coefficient (Wildman–Crippen LogP) is 4.16. The zero-order valence-electron chi connectivity index (χ0n) is 39.7. The van der Waals surface area contributed by atoms with E-state index >= 15 is 0 Å². The van der Waals surface area contributed by atoms with Crippen molar-refractivity contribution in [3.63, 3.8) is 0 Å². The third kappa shape index (κ3) is 13.7. The van der Waals surface area contributed by atoms with Crippen LogP contribution in [0.3, 0.4) is 0 Å². The molecule has 6 rings (SSSR count). The number of β-amino-alcohol motifs (C(OH)–C–C–N with tert-alkyl or cyclic N) is 1. The molecule has 7 atom stereocenters. The van der Waals surface area contributed by atoms with Crippen molar-refractivity contribution in [3.8, 4) is 22.3 Å². The average Bonchev–Trinajstić information content (AvgIpc) is 4.00. The largest absolute Gasteiger partial charge is 0.391 e. The van der Waals surface area contributed by atoms with E-state index in [0.29, 0.717) is 32.1 Å². The molecule has 6 amide bonds. The summed E-state index contributed by atoms with van der Waals surface area (Å²) in [7, 11) is 0. The highest BCUT2D eigenvalue weighted by Gasteiger charge is 2.45. The molecule has 3 aliphatic rings. The Balaban J connectivity index is 0.00000864. The number of carbonyl (C=O) groups is 6. The maximum atomic E-state index is 14.1. The molecule has 0 spiro atoms. The molecule has 0 radical (unpaired) electrons. The van der Waals surface area contributed by atoms with E-state index in [1.165, 1.54) is 4.90 Å². The number of thiazole rings is 1. The van der Waals surface area contributed by atoms with Gasteiger partial charge in [0.25, 0.3) is 0 Å². The van der Waals surface area contributed by atoms with Crippen molar-refractivity contribution in [2.75, 3.05) is 24.7 Å². The maximum absolute atomic E-state index is 14.1. The molecule has 18 heteroatoms. The first kappa shape index (κ1) is 53.6. The molecule has 8 N–H and O–H groups in total. The number of halogens is 1. The quantitative estimate of drug-likeness (QED) is 0.0741. The van der Waals surface area contributed by atoms with Gasteiger partial charge >= 0.3 is 0 Å². The summed E-state index contributed by atoms with van der Waals surface area (Å²) in [6.07, 6.45) is 3.85. The minimum absolute atomic E-state index is 0. The van der Waals surface area contributed by atoms with Crippen molar-refractivity contribution in [1.82, 2.24) is 25.8 Å². The van der Waals surface area contributed by atoms with Crippen LogP contribution in [0.2, 0.25) is 0 Å². The molecule has 0 saturated carbocycles. The number of aromatic nitrogens is 1. The van der Waals surface area contributed by atoms with Crippen LogP contribution in [0.15, 0.2) is 48.0 Å². The predicted molar refractivity (Wildman–Crippen MR) is 263 cm³/mol.